The van der Waals surface area contributed by atoms with Crippen molar-refractivity contribution >= 4 is 12.0 Å². The van der Waals surface area contributed by atoms with E-state index in [1.165, 1.54) is 12.1 Å². The summed E-state index contributed by atoms with van der Waals surface area (Å²) in [5.74, 6) is -0.966. The summed E-state index contributed by atoms with van der Waals surface area (Å²) >= 11 is 0. The highest BCUT2D eigenvalue weighted by Gasteiger charge is 2.34. The molecule has 1 atom stereocenters. The van der Waals surface area contributed by atoms with Crippen LogP contribution in [-0.2, 0) is 11.2 Å². The molecule has 0 spiro atoms. The third kappa shape index (κ3) is 4.11. The lowest BCUT2D eigenvalue weighted by Crippen LogP contribution is -2.57. The molecule has 0 aliphatic heterocycles. The van der Waals surface area contributed by atoms with E-state index in [0.29, 0.717) is 0 Å². The summed E-state index contributed by atoms with van der Waals surface area (Å²) in [4.78, 5) is 23.1. The Kier molecular flexibility index (Phi) is 4.35. The number of aliphatic carboxylic acids is 1. The van der Waals surface area contributed by atoms with Gasteiger partial charge < -0.3 is 20.8 Å². The van der Waals surface area contributed by atoms with Crippen LogP contribution in [0, 0.1) is 0 Å². The molecule has 1 aromatic carbocycles. The van der Waals surface area contributed by atoms with Crippen molar-refractivity contribution in [2.45, 2.75) is 44.2 Å². The molecule has 2 rings (SSSR count). The van der Waals surface area contributed by atoms with Crippen LogP contribution < -0.4 is 10.6 Å². The molecule has 6 heteroatoms. The quantitative estimate of drug-likeness (QED) is 0.663. The molecule has 1 aliphatic carbocycles. The smallest absolute Gasteiger partial charge is 0.326 e. The van der Waals surface area contributed by atoms with Crippen LogP contribution in [0.3, 0.4) is 0 Å². The Morgan fingerprint density at radius 1 is 1.29 bits per heavy atom. The number of carbonyl (C=O) groups is 2. The average molecular weight is 292 g/mol. The molecular weight excluding hydrogens is 272 g/mol. The lowest BCUT2D eigenvalue weighted by atomic mass is 9.79. The highest BCUT2D eigenvalue weighted by molar-refractivity contribution is 5.83. The van der Waals surface area contributed by atoms with Gasteiger partial charge in [0.15, 0.2) is 0 Å². The van der Waals surface area contributed by atoms with Crippen molar-refractivity contribution in [1.29, 1.82) is 0 Å². The van der Waals surface area contributed by atoms with Crippen LogP contribution in [-0.4, -0.2) is 33.8 Å². The van der Waals surface area contributed by atoms with Crippen molar-refractivity contribution in [3.63, 3.8) is 0 Å². The number of phenols is 1. The van der Waals surface area contributed by atoms with E-state index < -0.39 is 18.0 Å². The lowest BCUT2D eigenvalue weighted by Gasteiger charge is -2.39. The van der Waals surface area contributed by atoms with Gasteiger partial charge in [-0.2, -0.15) is 0 Å². The molecule has 0 bridgehead atoms. The minimum Gasteiger partial charge on any atom is -0.508 e. The predicted molar refractivity (Wildman–Crippen MR) is 77.2 cm³/mol. The molecule has 114 valence electrons. The molecular formula is C15H20N2O4. The molecule has 0 heterocycles. The Morgan fingerprint density at radius 3 is 2.38 bits per heavy atom. The Hall–Kier alpha value is -2.24. The number of carboxylic acids is 1. The number of hydrogen-bond donors (Lipinski definition) is 4. The second-order valence-electron chi connectivity index (χ2n) is 5.77. The van der Waals surface area contributed by atoms with Gasteiger partial charge in [0, 0.05) is 12.0 Å². The fraction of sp³-hybridized carbons (Fsp3) is 0.467. The molecule has 1 saturated carbocycles. The number of rotatable bonds is 5. The largest absolute Gasteiger partial charge is 0.508 e. The number of amides is 2. The van der Waals surface area contributed by atoms with Gasteiger partial charge >= 0.3 is 12.0 Å². The summed E-state index contributed by atoms with van der Waals surface area (Å²) in [6.45, 7) is 1.95. The fourth-order valence-electron chi connectivity index (χ4n) is 2.37. The molecule has 1 fully saturated rings. The Morgan fingerprint density at radius 2 is 1.90 bits per heavy atom. The third-order valence-corrected chi connectivity index (χ3v) is 3.85. The number of urea groups is 1. The van der Waals surface area contributed by atoms with Gasteiger partial charge in [-0.3, -0.25) is 0 Å². The Labute approximate surface area is 123 Å². The van der Waals surface area contributed by atoms with Gasteiger partial charge in [-0.15, -0.1) is 0 Å². The summed E-state index contributed by atoms with van der Waals surface area (Å²) in [5, 5.41) is 23.7. The molecule has 4 N–H and O–H groups in total. The number of carboxylic acid groups (broad SMARTS) is 1. The van der Waals surface area contributed by atoms with Gasteiger partial charge in [0.25, 0.3) is 0 Å². The first kappa shape index (κ1) is 15.2. The molecule has 0 radical (unpaired) electrons. The first-order valence-corrected chi connectivity index (χ1v) is 6.97. The highest BCUT2D eigenvalue weighted by atomic mass is 16.4. The first-order valence-electron chi connectivity index (χ1n) is 6.97. The summed E-state index contributed by atoms with van der Waals surface area (Å²) in [7, 11) is 0. The van der Waals surface area contributed by atoms with E-state index in [4.69, 9.17) is 0 Å². The van der Waals surface area contributed by atoms with Crippen molar-refractivity contribution in [2.75, 3.05) is 0 Å². The second-order valence-corrected chi connectivity index (χ2v) is 5.77. The van der Waals surface area contributed by atoms with Gasteiger partial charge in [0.05, 0.1) is 0 Å². The summed E-state index contributed by atoms with van der Waals surface area (Å²) < 4.78 is 0. The molecule has 1 aromatic rings. The summed E-state index contributed by atoms with van der Waals surface area (Å²) in [6.07, 6.45) is 3.07. The van der Waals surface area contributed by atoms with E-state index in [0.717, 1.165) is 24.8 Å². The second kappa shape index (κ2) is 6.03. The average Bonchev–Trinajstić information content (AvgIpc) is 2.38. The van der Waals surface area contributed by atoms with Crippen LogP contribution in [0.15, 0.2) is 24.3 Å². The van der Waals surface area contributed by atoms with E-state index in [1.807, 2.05) is 6.92 Å². The van der Waals surface area contributed by atoms with Crippen LogP contribution in [0.1, 0.15) is 31.7 Å². The monoisotopic (exact) mass is 292 g/mol. The lowest BCUT2D eigenvalue weighted by molar-refractivity contribution is -0.139. The maximum atomic E-state index is 11.9. The van der Waals surface area contributed by atoms with E-state index in [2.05, 4.69) is 10.6 Å². The van der Waals surface area contributed by atoms with E-state index in [1.54, 1.807) is 12.1 Å². The van der Waals surface area contributed by atoms with Gasteiger partial charge in [-0.25, -0.2) is 9.59 Å². The zero-order valence-corrected chi connectivity index (χ0v) is 11.9. The van der Waals surface area contributed by atoms with Crippen LogP contribution >= 0.6 is 0 Å². The maximum Gasteiger partial charge on any atom is 0.326 e. The van der Waals surface area contributed by atoms with Gasteiger partial charge in [-0.05, 0) is 43.9 Å². The molecule has 6 nitrogen and oxygen atoms in total. The predicted octanol–water partition coefficient (Wildman–Crippen LogP) is 1.63. The molecule has 2 amide bonds. The van der Waals surface area contributed by atoms with Crippen LogP contribution in [0.4, 0.5) is 4.79 Å². The SMILES string of the molecule is CC1(NC(=O)NC(Cc2ccc(O)cc2)C(=O)O)CCC1. The third-order valence-electron chi connectivity index (χ3n) is 3.85. The number of phenolic OH excluding ortho intramolecular Hbond substituents is 1. The van der Waals surface area contributed by atoms with Gasteiger partial charge in [-0.1, -0.05) is 12.1 Å². The van der Waals surface area contributed by atoms with Crippen molar-refractivity contribution in [2.24, 2.45) is 0 Å². The fourth-order valence-corrected chi connectivity index (χ4v) is 2.37. The van der Waals surface area contributed by atoms with E-state index >= 15 is 0 Å². The zero-order chi connectivity index (χ0) is 15.5. The van der Waals surface area contributed by atoms with Gasteiger partial charge in [0.1, 0.15) is 11.8 Å². The van der Waals surface area contributed by atoms with Crippen molar-refractivity contribution in [3.05, 3.63) is 29.8 Å². The molecule has 0 saturated heterocycles. The normalized spacial score (nSPS) is 17.4. The zero-order valence-electron chi connectivity index (χ0n) is 11.9. The van der Waals surface area contributed by atoms with Crippen LogP contribution in [0.25, 0.3) is 0 Å². The van der Waals surface area contributed by atoms with Gasteiger partial charge in [0.2, 0.25) is 0 Å². The molecule has 1 aliphatic rings. The highest BCUT2D eigenvalue weighted by Crippen LogP contribution is 2.30. The van der Waals surface area contributed by atoms with Crippen molar-refractivity contribution in [1.82, 2.24) is 10.6 Å². The summed E-state index contributed by atoms with van der Waals surface area (Å²) in [5.41, 5.74) is 0.515. The maximum absolute atomic E-state index is 11.9. The number of carbonyl (C=O) groups excluding carboxylic acids is 1. The first-order chi connectivity index (χ1) is 9.88. The topological polar surface area (TPSA) is 98.7 Å². The number of nitrogens with one attached hydrogen (secondary N) is 2. The Bertz CT molecular complexity index is 523. The summed E-state index contributed by atoms with van der Waals surface area (Å²) in [6, 6.07) is 4.80. The van der Waals surface area contributed by atoms with Crippen molar-refractivity contribution in [3.8, 4) is 5.75 Å². The van der Waals surface area contributed by atoms with Crippen LogP contribution in [0.5, 0.6) is 5.75 Å². The Balaban J connectivity index is 1.94. The molecule has 21 heavy (non-hydrogen) atoms. The number of hydrogen-bond acceptors (Lipinski definition) is 3. The number of aromatic hydroxyl groups is 1. The van der Waals surface area contributed by atoms with E-state index in [-0.39, 0.29) is 17.7 Å². The molecule has 0 aromatic heterocycles. The van der Waals surface area contributed by atoms with Crippen molar-refractivity contribution < 1.29 is 19.8 Å². The van der Waals surface area contributed by atoms with E-state index in [9.17, 15) is 19.8 Å². The minimum atomic E-state index is -1.09. The molecule has 1 unspecified atom stereocenters. The van der Waals surface area contributed by atoms with Crippen LogP contribution in [0.2, 0.25) is 0 Å². The standard InChI is InChI=1S/C15H20N2O4/c1-15(7-2-8-15)17-14(21)16-12(13(19)20)9-10-3-5-11(18)6-4-10/h3-6,12,18H,2,7-9H2,1H3,(H,19,20)(H2,16,17,21). The minimum absolute atomic E-state index is 0.120. The number of benzene rings is 1.